The van der Waals surface area contributed by atoms with Crippen LogP contribution in [0.15, 0.2) is 0 Å². The lowest BCUT2D eigenvalue weighted by atomic mass is 10.2. The van der Waals surface area contributed by atoms with Crippen LogP contribution in [0.2, 0.25) is 0 Å². The molecule has 0 aliphatic rings. The maximum absolute atomic E-state index is 11.0. The van der Waals surface area contributed by atoms with Crippen LogP contribution in [0.25, 0.3) is 5.53 Å². The van der Waals surface area contributed by atoms with E-state index in [4.69, 9.17) is 5.53 Å². The highest BCUT2D eigenvalue weighted by atomic mass is 16.5. The lowest BCUT2D eigenvalue weighted by molar-refractivity contribution is -0.142. The smallest absolute Gasteiger partial charge is 0.441 e. The number of carbonyl (C=O) groups excluding carboxylic acids is 2. The molecular weight excluding hydrogens is 172 g/mol. The molecule has 0 radical (unpaired) electrons. The molecule has 0 amide bonds. The number of Topliss-reactive ketones (excluding diaryl/α,β-unsaturated/α-hetero) is 1. The number of hydrogen-bond donors (Lipinski definition) is 0. The molecule has 13 heavy (non-hydrogen) atoms. The van der Waals surface area contributed by atoms with Crippen LogP contribution < -0.4 is 0 Å². The number of ketones is 1. The lowest BCUT2D eigenvalue weighted by Crippen LogP contribution is -2.27. The van der Waals surface area contributed by atoms with Crippen molar-refractivity contribution in [2.75, 3.05) is 6.61 Å². The van der Waals surface area contributed by atoms with Crippen molar-refractivity contribution in [2.45, 2.75) is 26.7 Å². The molecule has 0 aliphatic heterocycles. The summed E-state index contributed by atoms with van der Waals surface area (Å²) in [6, 6.07) is 0. The second-order valence-corrected chi connectivity index (χ2v) is 2.36. The van der Waals surface area contributed by atoms with Gasteiger partial charge in [-0.15, -0.1) is 0 Å². The molecule has 72 valence electrons. The first-order chi connectivity index (χ1) is 6.17. The average Bonchev–Trinajstić information content (AvgIpc) is 2.15. The molecule has 0 rings (SSSR count). The summed E-state index contributed by atoms with van der Waals surface area (Å²) in [7, 11) is 0. The lowest BCUT2D eigenvalue weighted by Gasteiger charge is -1.96. The second kappa shape index (κ2) is 6.08. The van der Waals surface area contributed by atoms with Gasteiger partial charge in [-0.3, -0.25) is 4.79 Å². The monoisotopic (exact) mass is 184 g/mol. The van der Waals surface area contributed by atoms with E-state index in [1.165, 1.54) is 0 Å². The van der Waals surface area contributed by atoms with Gasteiger partial charge in [0.05, 0.1) is 6.61 Å². The molecule has 0 fully saturated rings. The van der Waals surface area contributed by atoms with Crippen LogP contribution in [-0.4, -0.2) is 28.9 Å². The summed E-state index contributed by atoms with van der Waals surface area (Å²) in [5.74, 6) is -1.39. The predicted octanol–water partition coefficient (Wildman–Crippen LogP) is 0.589. The van der Waals surface area contributed by atoms with E-state index in [1.54, 1.807) is 6.92 Å². The van der Waals surface area contributed by atoms with E-state index >= 15 is 0 Å². The van der Waals surface area contributed by atoms with Crippen LogP contribution in [0.5, 0.6) is 0 Å². The van der Waals surface area contributed by atoms with E-state index in [1.807, 2.05) is 6.92 Å². The zero-order valence-electron chi connectivity index (χ0n) is 7.74. The first-order valence-electron chi connectivity index (χ1n) is 4.09. The number of ether oxygens (including phenoxy) is 1. The van der Waals surface area contributed by atoms with Crippen LogP contribution in [0.4, 0.5) is 0 Å². The van der Waals surface area contributed by atoms with Gasteiger partial charge in [-0.05, 0) is 6.42 Å². The molecule has 5 nitrogen and oxygen atoms in total. The van der Waals surface area contributed by atoms with Crippen LogP contribution in [0, 0.1) is 0 Å². The molecule has 5 heteroatoms. The summed E-state index contributed by atoms with van der Waals surface area (Å²) in [6.45, 7) is 3.61. The zero-order valence-corrected chi connectivity index (χ0v) is 7.74. The van der Waals surface area contributed by atoms with E-state index in [0.29, 0.717) is 6.42 Å². The van der Waals surface area contributed by atoms with E-state index in [-0.39, 0.29) is 13.0 Å². The maximum Gasteiger partial charge on any atom is 0.441 e. The summed E-state index contributed by atoms with van der Waals surface area (Å²) < 4.78 is 4.62. The molecule has 0 aromatic carbocycles. The number of rotatable bonds is 5. The minimum absolute atomic E-state index is 0.112. The third-order valence-corrected chi connectivity index (χ3v) is 1.32. The molecule has 0 heterocycles. The number of esters is 1. The Morgan fingerprint density at radius 3 is 2.38 bits per heavy atom. The minimum atomic E-state index is -0.865. The standard InChI is InChI=1S/C8H12N2O3/c1-3-5-13-8(12)7(10-9)6(11)4-2/h3-5H2,1-2H3. The van der Waals surface area contributed by atoms with Crippen LogP contribution in [-0.2, 0) is 14.3 Å². The van der Waals surface area contributed by atoms with Gasteiger partial charge in [-0.1, -0.05) is 13.8 Å². The number of hydrogen-bond acceptors (Lipinski definition) is 3. The van der Waals surface area contributed by atoms with Gasteiger partial charge in [-0.2, -0.15) is 4.79 Å². The molecule has 0 N–H and O–H groups in total. The quantitative estimate of drug-likeness (QED) is 0.206. The SMILES string of the molecule is CCCOC(=O)C(=[N+]=[N-])C(=O)CC. The molecule has 0 saturated heterocycles. The van der Waals surface area contributed by atoms with Crippen molar-refractivity contribution in [2.24, 2.45) is 0 Å². The van der Waals surface area contributed by atoms with Gasteiger partial charge in [0.1, 0.15) is 0 Å². The Hall–Kier alpha value is -1.48. The van der Waals surface area contributed by atoms with E-state index in [9.17, 15) is 9.59 Å². The van der Waals surface area contributed by atoms with Gasteiger partial charge >= 0.3 is 11.7 Å². The fourth-order valence-corrected chi connectivity index (χ4v) is 0.641. The fourth-order valence-electron chi connectivity index (χ4n) is 0.641. The number of carbonyl (C=O) groups is 2. The summed E-state index contributed by atoms with van der Waals surface area (Å²) in [4.78, 5) is 24.6. The third-order valence-electron chi connectivity index (χ3n) is 1.32. The Bertz CT molecular complexity index is 254. The molecular formula is C8H12N2O3. The van der Waals surface area contributed by atoms with E-state index < -0.39 is 17.5 Å². The van der Waals surface area contributed by atoms with Crippen LogP contribution in [0.1, 0.15) is 26.7 Å². The summed E-state index contributed by atoms with van der Waals surface area (Å²) >= 11 is 0. The topological polar surface area (TPSA) is 79.8 Å². The molecule has 0 aromatic rings. The molecule has 0 bridgehead atoms. The Balaban J connectivity index is 4.35. The minimum Gasteiger partial charge on any atom is -0.457 e. The van der Waals surface area contributed by atoms with Crippen molar-refractivity contribution < 1.29 is 19.1 Å². The molecule has 0 unspecified atom stereocenters. The van der Waals surface area contributed by atoms with E-state index in [2.05, 4.69) is 9.53 Å². The van der Waals surface area contributed by atoms with Gasteiger partial charge in [-0.25, -0.2) is 4.79 Å². The predicted molar refractivity (Wildman–Crippen MR) is 45.2 cm³/mol. The first kappa shape index (κ1) is 11.5. The Morgan fingerprint density at radius 1 is 1.38 bits per heavy atom. The highest BCUT2D eigenvalue weighted by molar-refractivity contribution is 6.62. The van der Waals surface area contributed by atoms with Crippen molar-refractivity contribution in [3.8, 4) is 0 Å². The van der Waals surface area contributed by atoms with Crippen molar-refractivity contribution in [3.63, 3.8) is 0 Å². The molecule has 0 aliphatic carbocycles. The Labute approximate surface area is 76.3 Å². The number of nitrogens with zero attached hydrogens (tertiary/aromatic N) is 2. The van der Waals surface area contributed by atoms with Crippen molar-refractivity contribution >= 4 is 17.5 Å². The Morgan fingerprint density at radius 2 is 2.00 bits per heavy atom. The molecule has 0 saturated carbocycles. The highest BCUT2D eigenvalue weighted by Crippen LogP contribution is 1.89. The van der Waals surface area contributed by atoms with Crippen molar-refractivity contribution in [1.82, 2.24) is 0 Å². The van der Waals surface area contributed by atoms with Crippen molar-refractivity contribution in [3.05, 3.63) is 5.53 Å². The first-order valence-corrected chi connectivity index (χ1v) is 4.09. The fraction of sp³-hybridized carbons (Fsp3) is 0.625. The highest BCUT2D eigenvalue weighted by Gasteiger charge is 2.29. The summed E-state index contributed by atoms with van der Waals surface area (Å²) in [5.41, 5.74) is 7.83. The van der Waals surface area contributed by atoms with Crippen LogP contribution in [0.3, 0.4) is 0 Å². The zero-order chi connectivity index (χ0) is 10.3. The molecule has 0 aromatic heterocycles. The Kier molecular flexibility index (Phi) is 5.39. The van der Waals surface area contributed by atoms with Crippen LogP contribution >= 0.6 is 0 Å². The third kappa shape index (κ3) is 3.62. The summed E-state index contributed by atoms with van der Waals surface area (Å²) in [6.07, 6.45) is 0.769. The van der Waals surface area contributed by atoms with Gasteiger partial charge in [0.15, 0.2) is 0 Å². The van der Waals surface area contributed by atoms with Gasteiger partial charge in [0, 0.05) is 6.42 Å². The van der Waals surface area contributed by atoms with Crippen molar-refractivity contribution in [1.29, 1.82) is 0 Å². The van der Waals surface area contributed by atoms with Gasteiger partial charge in [0.25, 0.3) is 5.78 Å². The van der Waals surface area contributed by atoms with Gasteiger partial charge in [0.2, 0.25) is 0 Å². The molecule has 0 atom stereocenters. The average molecular weight is 184 g/mol. The molecule has 0 spiro atoms. The van der Waals surface area contributed by atoms with Gasteiger partial charge < -0.3 is 10.3 Å². The second-order valence-electron chi connectivity index (χ2n) is 2.36. The van der Waals surface area contributed by atoms with E-state index in [0.717, 1.165) is 0 Å². The maximum atomic E-state index is 11.0. The largest absolute Gasteiger partial charge is 0.457 e. The summed E-state index contributed by atoms with van der Waals surface area (Å²) in [5, 5.41) is 0. The normalized spacial score (nSPS) is 8.77.